The zero-order valence-corrected chi connectivity index (χ0v) is 26.4. The van der Waals surface area contributed by atoms with Crippen LogP contribution in [-0.2, 0) is 10.2 Å². The molecule has 10 nitrogen and oxygen atoms in total. The minimum absolute atomic E-state index is 0.136. The van der Waals surface area contributed by atoms with E-state index in [4.69, 9.17) is 10.5 Å². The first-order chi connectivity index (χ1) is 21.9. The molecule has 0 radical (unpaired) electrons. The lowest BCUT2D eigenvalue weighted by atomic mass is 9.74. The molecule has 3 aromatic carbocycles. The topological polar surface area (TPSA) is 152 Å². The molecule has 47 heavy (non-hydrogen) atoms. The fourth-order valence-electron chi connectivity index (χ4n) is 5.59. The highest BCUT2D eigenvalue weighted by Crippen LogP contribution is 2.44. The second-order valence-corrected chi connectivity index (χ2v) is 12.2. The fraction of sp³-hybridized carbons (Fsp3) is 0.364. The third-order valence-electron chi connectivity index (χ3n) is 7.99. The Hall–Kier alpha value is -4.69. The van der Waals surface area contributed by atoms with Crippen LogP contribution in [0.15, 0.2) is 60.8 Å². The molecular formula is C33H37F4N5O5. The van der Waals surface area contributed by atoms with Gasteiger partial charge < -0.3 is 31.3 Å². The van der Waals surface area contributed by atoms with Crippen LogP contribution >= 0.6 is 0 Å². The van der Waals surface area contributed by atoms with Crippen LogP contribution in [0.5, 0.6) is 5.75 Å². The average molecular weight is 660 g/mol. The number of ether oxygens (including phenoxy) is 1. The summed E-state index contributed by atoms with van der Waals surface area (Å²) in [4.78, 5) is 24.5. The van der Waals surface area contributed by atoms with Gasteiger partial charge in [0.2, 0.25) is 5.91 Å². The van der Waals surface area contributed by atoms with Crippen LogP contribution in [0.1, 0.15) is 48.7 Å². The first-order valence-corrected chi connectivity index (χ1v) is 14.6. The van der Waals surface area contributed by atoms with Crippen LogP contribution in [0.2, 0.25) is 0 Å². The number of anilines is 1. The number of amides is 2. The number of aryl methyl sites for hydroxylation is 1. The van der Waals surface area contributed by atoms with Crippen LogP contribution in [0.25, 0.3) is 16.6 Å². The van der Waals surface area contributed by atoms with Gasteiger partial charge in [-0.15, -0.1) is 0 Å². The van der Waals surface area contributed by atoms with Crippen molar-refractivity contribution >= 4 is 28.4 Å². The number of rotatable bonds is 12. The molecular weight excluding hydrogens is 622 g/mol. The van der Waals surface area contributed by atoms with E-state index in [0.29, 0.717) is 22.2 Å². The van der Waals surface area contributed by atoms with Crippen LogP contribution in [0.4, 0.5) is 23.2 Å². The second-order valence-electron chi connectivity index (χ2n) is 12.2. The zero-order chi connectivity index (χ0) is 34.9. The summed E-state index contributed by atoms with van der Waals surface area (Å²) in [5.41, 5.74) is 2.83. The summed E-state index contributed by atoms with van der Waals surface area (Å²) in [5, 5.41) is 30.9. The summed E-state index contributed by atoms with van der Waals surface area (Å²) in [6.07, 6.45) is -5.67. The van der Waals surface area contributed by atoms with Crippen molar-refractivity contribution in [3.05, 3.63) is 83.3 Å². The molecule has 0 aliphatic carbocycles. The molecule has 252 valence electrons. The molecule has 1 heterocycles. The molecule has 0 fully saturated rings. The van der Waals surface area contributed by atoms with E-state index in [1.165, 1.54) is 57.0 Å². The number of aliphatic hydroxyl groups is 2. The Labute approximate surface area is 268 Å². The molecule has 0 spiro atoms. The minimum atomic E-state index is -5.06. The molecule has 3 atom stereocenters. The lowest BCUT2D eigenvalue weighted by Crippen LogP contribution is -2.53. The van der Waals surface area contributed by atoms with E-state index >= 15 is 0 Å². The zero-order valence-electron chi connectivity index (χ0n) is 26.4. The Morgan fingerprint density at radius 3 is 2.43 bits per heavy atom. The fourth-order valence-corrected chi connectivity index (χ4v) is 5.59. The number of fused-ring (bicyclic) bond motifs is 1. The van der Waals surface area contributed by atoms with Crippen molar-refractivity contribution in [3.63, 3.8) is 0 Å². The smallest absolute Gasteiger partial charge is 0.418 e. The highest BCUT2D eigenvalue weighted by Gasteiger charge is 2.56. The van der Waals surface area contributed by atoms with Gasteiger partial charge in [-0.3, -0.25) is 9.59 Å². The third kappa shape index (κ3) is 7.49. The molecule has 0 saturated carbocycles. The molecule has 0 bridgehead atoms. The van der Waals surface area contributed by atoms with Gasteiger partial charge in [-0.25, -0.2) is 9.07 Å². The molecule has 4 rings (SSSR count). The van der Waals surface area contributed by atoms with E-state index in [1.54, 1.807) is 31.2 Å². The summed E-state index contributed by atoms with van der Waals surface area (Å²) in [5.74, 6) is -2.04. The van der Waals surface area contributed by atoms with Gasteiger partial charge in [-0.1, -0.05) is 19.9 Å². The number of primary amides is 1. The normalized spacial score (nSPS) is 14.7. The predicted octanol–water partition coefficient (Wildman–Crippen LogP) is 4.52. The Balaban J connectivity index is 1.65. The molecule has 1 aromatic heterocycles. The van der Waals surface area contributed by atoms with Gasteiger partial charge in [0.1, 0.15) is 17.6 Å². The Morgan fingerprint density at radius 1 is 1.11 bits per heavy atom. The summed E-state index contributed by atoms with van der Waals surface area (Å²) < 4.78 is 64.4. The first-order valence-electron chi connectivity index (χ1n) is 14.6. The number of benzene rings is 3. The summed E-state index contributed by atoms with van der Waals surface area (Å²) >= 11 is 0. The number of aromatic nitrogens is 2. The van der Waals surface area contributed by atoms with E-state index in [9.17, 15) is 37.4 Å². The molecule has 0 aliphatic rings. The largest absolute Gasteiger partial charge is 0.496 e. The van der Waals surface area contributed by atoms with Crippen LogP contribution in [0.3, 0.4) is 0 Å². The van der Waals surface area contributed by atoms with Crippen LogP contribution in [-0.4, -0.2) is 69.4 Å². The molecule has 2 amide bonds. The third-order valence-corrected chi connectivity index (χ3v) is 7.99. The number of hydrogen-bond donors (Lipinski definition) is 5. The first kappa shape index (κ1) is 35.2. The number of alkyl halides is 3. The Morgan fingerprint density at radius 2 is 1.81 bits per heavy atom. The number of carbonyl (C=O) groups is 2. The van der Waals surface area contributed by atoms with Crippen molar-refractivity contribution in [1.82, 2.24) is 15.1 Å². The van der Waals surface area contributed by atoms with E-state index in [1.807, 2.05) is 0 Å². The molecule has 4 aromatic rings. The number of aliphatic hydroxyl groups excluding tert-OH is 1. The number of methoxy groups -OCH3 is 1. The lowest BCUT2D eigenvalue weighted by Gasteiger charge is -2.38. The average Bonchev–Trinajstić information content (AvgIpc) is 3.41. The molecule has 0 aliphatic heterocycles. The standard InChI is InChI=1S/C33H37F4N5O5/c1-18-11-25(39-17-32(46,33(35,36)37)16-31(3,4)24-14-21(34)9-10-27(24)47-5)23-15-40-42(26(23)12-18)22-8-6-7-20(13-22)30(45)41-28(19(2)43)29(38)44/h6-15,19,28,39,43,46H,16-17H2,1-5H3,(H2,38,44)(H,41,45)/t19-,28+,32?/m1/s1. The van der Waals surface area contributed by atoms with E-state index < -0.39 is 59.9 Å². The quantitative estimate of drug-likeness (QED) is 0.140. The SMILES string of the molecule is COc1ccc(F)cc1C(C)(C)CC(O)(CNc1cc(C)cc2c1cnn2-c1cccc(C(=O)N[C@H](C(N)=O)[C@@H](C)O)c1)C(F)(F)F. The highest BCUT2D eigenvalue weighted by molar-refractivity contribution is 5.98. The number of nitrogens with zero attached hydrogens (tertiary/aromatic N) is 2. The van der Waals surface area contributed by atoms with E-state index in [2.05, 4.69) is 15.7 Å². The number of halogens is 4. The van der Waals surface area contributed by atoms with Crippen molar-refractivity contribution < 1.29 is 42.1 Å². The van der Waals surface area contributed by atoms with Crippen LogP contribution in [0, 0.1) is 12.7 Å². The number of hydrogen-bond acceptors (Lipinski definition) is 7. The highest BCUT2D eigenvalue weighted by atomic mass is 19.4. The second kappa shape index (κ2) is 13.2. The molecule has 0 saturated heterocycles. The van der Waals surface area contributed by atoms with Gasteiger partial charge in [-0.05, 0) is 79.8 Å². The lowest BCUT2D eigenvalue weighted by molar-refractivity contribution is -0.260. The van der Waals surface area contributed by atoms with E-state index in [-0.39, 0.29) is 22.6 Å². The van der Waals surface area contributed by atoms with Gasteiger partial charge in [-0.2, -0.15) is 18.3 Å². The van der Waals surface area contributed by atoms with Gasteiger partial charge >= 0.3 is 6.18 Å². The van der Waals surface area contributed by atoms with Crippen molar-refractivity contribution in [1.29, 1.82) is 0 Å². The predicted molar refractivity (Wildman–Crippen MR) is 168 cm³/mol. The summed E-state index contributed by atoms with van der Waals surface area (Å²) in [7, 11) is 1.33. The minimum Gasteiger partial charge on any atom is -0.496 e. The van der Waals surface area contributed by atoms with E-state index in [0.717, 1.165) is 12.1 Å². The maximum Gasteiger partial charge on any atom is 0.418 e. The number of nitrogens with two attached hydrogens (primary N) is 1. The maximum atomic E-state index is 14.5. The summed E-state index contributed by atoms with van der Waals surface area (Å²) in [6.45, 7) is 5.07. The summed E-state index contributed by atoms with van der Waals surface area (Å²) in [6, 6.07) is 11.8. The van der Waals surface area contributed by atoms with Crippen molar-refractivity contribution in [2.75, 3.05) is 19.0 Å². The maximum absolute atomic E-state index is 14.5. The van der Waals surface area contributed by atoms with Gasteiger partial charge in [0.25, 0.3) is 5.91 Å². The van der Waals surface area contributed by atoms with Crippen molar-refractivity contribution in [2.45, 2.75) is 63.5 Å². The van der Waals surface area contributed by atoms with Gasteiger partial charge in [0.05, 0.1) is 37.2 Å². The molecule has 14 heteroatoms. The van der Waals surface area contributed by atoms with Gasteiger partial charge in [0, 0.05) is 22.2 Å². The number of carbonyl (C=O) groups excluding carboxylic acids is 2. The Bertz CT molecular complexity index is 1790. The Kier molecular flexibility index (Phi) is 9.88. The molecule has 1 unspecified atom stereocenters. The number of nitrogens with one attached hydrogen (secondary N) is 2. The van der Waals surface area contributed by atoms with Crippen molar-refractivity contribution in [3.8, 4) is 11.4 Å². The van der Waals surface area contributed by atoms with Gasteiger partial charge in [0.15, 0.2) is 5.60 Å². The van der Waals surface area contributed by atoms with Crippen molar-refractivity contribution in [2.24, 2.45) is 5.73 Å². The monoisotopic (exact) mass is 659 g/mol. The van der Waals surface area contributed by atoms with Crippen LogP contribution < -0.4 is 21.1 Å². The molecule has 6 N–H and O–H groups in total.